The van der Waals surface area contributed by atoms with Gasteiger partial charge in [0.15, 0.2) is 0 Å². The van der Waals surface area contributed by atoms with Crippen LogP contribution in [0.4, 0.5) is 4.39 Å². The molecule has 34 heavy (non-hydrogen) atoms. The minimum Gasteiger partial charge on any atom is -0.492 e. The van der Waals surface area contributed by atoms with E-state index in [0.717, 1.165) is 28.7 Å². The molecule has 0 amide bonds. The number of nitriles is 1. The topological polar surface area (TPSA) is 68.6 Å². The van der Waals surface area contributed by atoms with Gasteiger partial charge in [-0.1, -0.05) is 24.3 Å². The number of methoxy groups -OCH3 is 1. The molecule has 2 atom stereocenters. The summed E-state index contributed by atoms with van der Waals surface area (Å²) in [5.41, 5.74) is 5.36. The van der Waals surface area contributed by atoms with Crippen LogP contribution in [0.5, 0.6) is 11.5 Å². The summed E-state index contributed by atoms with van der Waals surface area (Å²) < 4.78 is 31.7. The Morgan fingerprint density at radius 2 is 2.00 bits per heavy atom. The van der Waals surface area contributed by atoms with Crippen molar-refractivity contribution in [3.8, 4) is 17.6 Å². The molecule has 0 saturated carbocycles. The summed E-state index contributed by atoms with van der Waals surface area (Å²) in [5, 5.41) is 9.00. The van der Waals surface area contributed by atoms with E-state index in [1.165, 1.54) is 13.2 Å². The summed E-state index contributed by atoms with van der Waals surface area (Å²) in [4.78, 5) is 11.6. The fourth-order valence-corrected chi connectivity index (χ4v) is 4.89. The molecule has 1 aliphatic carbocycles. The van der Waals surface area contributed by atoms with Gasteiger partial charge in [-0.05, 0) is 60.2 Å². The third-order valence-electron chi connectivity index (χ3n) is 6.64. The van der Waals surface area contributed by atoms with Crippen LogP contribution in [0.25, 0.3) is 0 Å². The highest BCUT2D eigenvalue weighted by Gasteiger charge is 2.31. The molecule has 2 aliphatic rings. The largest absolute Gasteiger partial charge is 0.492 e. The molecule has 172 valence electrons. The van der Waals surface area contributed by atoms with Gasteiger partial charge in [0, 0.05) is 23.1 Å². The fourth-order valence-electron chi connectivity index (χ4n) is 4.89. The van der Waals surface area contributed by atoms with Gasteiger partial charge < -0.3 is 14.2 Å². The molecule has 3 aromatic rings. The molecule has 5 nitrogen and oxygen atoms in total. The molecule has 5 rings (SSSR count). The number of hydrogen-bond acceptors (Lipinski definition) is 5. The van der Waals surface area contributed by atoms with Gasteiger partial charge in [0.2, 0.25) is 0 Å². The zero-order valence-corrected chi connectivity index (χ0v) is 18.8. The van der Waals surface area contributed by atoms with Crippen molar-refractivity contribution in [3.05, 3.63) is 93.8 Å². The molecule has 0 aromatic heterocycles. The second-order valence-corrected chi connectivity index (χ2v) is 8.72. The third kappa shape index (κ3) is 4.22. The minimum atomic E-state index is -0.374. The summed E-state index contributed by atoms with van der Waals surface area (Å²) in [7, 11) is 1.38. The summed E-state index contributed by atoms with van der Waals surface area (Å²) in [6.45, 7) is 0.424. The summed E-state index contributed by atoms with van der Waals surface area (Å²) in [6, 6.07) is 18.6. The molecule has 0 N–H and O–H groups in total. The molecule has 0 spiro atoms. The Balaban J connectivity index is 1.35. The number of esters is 1. The lowest BCUT2D eigenvalue weighted by Gasteiger charge is -2.17. The van der Waals surface area contributed by atoms with E-state index in [1.807, 2.05) is 36.4 Å². The Hall–Kier alpha value is -3.85. The monoisotopic (exact) mass is 457 g/mol. The number of nitrogens with zero attached hydrogens (tertiary/aromatic N) is 1. The Bertz CT molecular complexity index is 1280. The van der Waals surface area contributed by atoms with E-state index in [9.17, 15) is 9.18 Å². The maximum atomic E-state index is 14.9. The van der Waals surface area contributed by atoms with Gasteiger partial charge in [0.25, 0.3) is 0 Å². The van der Waals surface area contributed by atoms with Crippen LogP contribution in [0.15, 0.2) is 54.6 Å². The number of ether oxygens (including phenoxy) is 3. The number of carbonyl (C=O) groups excluding carboxylic acids is 1. The molecule has 1 aliphatic heterocycles. The van der Waals surface area contributed by atoms with Crippen LogP contribution in [0.1, 0.15) is 58.2 Å². The SMILES string of the molecule is COC(=O)C[C@@H]1COc2cc(O[C@@H]3CCc4c(Cc5ccc(C#N)cc5)ccc(F)c43)ccc21. The molecule has 1 heterocycles. The number of carbonyl (C=O) groups is 1. The number of benzene rings is 3. The quantitative estimate of drug-likeness (QED) is 0.464. The van der Waals surface area contributed by atoms with Gasteiger partial charge in [0.1, 0.15) is 23.4 Å². The molecular formula is C28H24FNO4. The van der Waals surface area contributed by atoms with Gasteiger partial charge in [-0.25, -0.2) is 4.39 Å². The van der Waals surface area contributed by atoms with Crippen LogP contribution in [0.2, 0.25) is 0 Å². The van der Waals surface area contributed by atoms with E-state index in [-0.39, 0.29) is 30.2 Å². The maximum Gasteiger partial charge on any atom is 0.306 e. The predicted octanol–water partition coefficient (Wildman–Crippen LogP) is 5.39. The van der Waals surface area contributed by atoms with Crippen LogP contribution in [-0.2, 0) is 22.4 Å². The van der Waals surface area contributed by atoms with E-state index >= 15 is 0 Å². The first-order valence-electron chi connectivity index (χ1n) is 11.3. The van der Waals surface area contributed by atoms with Crippen molar-refractivity contribution in [2.24, 2.45) is 0 Å². The van der Waals surface area contributed by atoms with Crippen molar-refractivity contribution in [2.75, 3.05) is 13.7 Å². The Kier molecular flexibility index (Phi) is 5.93. The molecule has 0 saturated heterocycles. The molecule has 0 unspecified atom stereocenters. The van der Waals surface area contributed by atoms with Gasteiger partial charge in [0.05, 0.1) is 31.8 Å². The second kappa shape index (κ2) is 9.18. The van der Waals surface area contributed by atoms with Gasteiger partial charge in [-0.15, -0.1) is 0 Å². The Morgan fingerprint density at radius 3 is 2.76 bits per heavy atom. The predicted molar refractivity (Wildman–Crippen MR) is 123 cm³/mol. The van der Waals surface area contributed by atoms with Crippen molar-refractivity contribution in [3.63, 3.8) is 0 Å². The number of hydrogen-bond donors (Lipinski definition) is 0. The van der Waals surface area contributed by atoms with Crippen molar-refractivity contribution in [2.45, 2.75) is 37.7 Å². The first-order valence-corrected chi connectivity index (χ1v) is 11.3. The van der Waals surface area contributed by atoms with Crippen LogP contribution >= 0.6 is 0 Å². The molecular weight excluding hydrogens is 433 g/mol. The lowest BCUT2D eigenvalue weighted by Crippen LogP contribution is -2.09. The van der Waals surface area contributed by atoms with Crippen molar-refractivity contribution < 1.29 is 23.4 Å². The van der Waals surface area contributed by atoms with Crippen LogP contribution in [0, 0.1) is 17.1 Å². The number of fused-ring (bicyclic) bond motifs is 2. The molecule has 0 fully saturated rings. The summed E-state index contributed by atoms with van der Waals surface area (Å²) >= 11 is 0. The van der Waals surface area contributed by atoms with Crippen LogP contribution in [0.3, 0.4) is 0 Å². The average molecular weight is 458 g/mol. The van der Waals surface area contributed by atoms with E-state index < -0.39 is 0 Å². The summed E-state index contributed by atoms with van der Waals surface area (Å²) in [6.07, 6.45) is 2.01. The highest BCUT2D eigenvalue weighted by Crippen LogP contribution is 2.42. The molecule has 6 heteroatoms. The minimum absolute atomic E-state index is 0.0362. The van der Waals surface area contributed by atoms with Gasteiger partial charge >= 0.3 is 5.97 Å². The second-order valence-electron chi connectivity index (χ2n) is 8.72. The first-order chi connectivity index (χ1) is 16.6. The third-order valence-corrected chi connectivity index (χ3v) is 6.64. The Morgan fingerprint density at radius 1 is 1.18 bits per heavy atom. The lowest BCUT2D eigenvalue weighted by molar-refractivity contribution is -0.141. The van der Waals surface area contributed by atoms with Crippen LogP contribution in [-0.4, -0.2) is 19.7 Å². The smallest absolute Gasteiger partial charge is 0.306 e. The van der Waals surface area contributed by atoms with Gasteiger partial charge in [-0.2, -0.15) is 5.26 Å². The zero-order valence-electron chi connectivity index (χ0n) is 18.8. The number of halogens is 1. The van der Waals surface area contributed by atoms with Crippen molar-refractivity contribution >= 4 is 5.97 Å². The van der Waals surface area contributed by atoms with E-state index in [2.05, 4.69) is 6.07 Å². The van der Waals surface area contributed by atoms with Crippen molar-refractivity contribution in [1.82, 2.24) is 0 Å². The zero-order chi connectivity index (χ0) is 23.7. The van der Waals surface area contributed by atoms with Gasteiger partial charge in [-0.3, -0.25) is 4.79 Å². The van der Waals surface area contributed by atoms with E-state index in [1.54, 1.807) is 12.1 Å². The summed E-state index contributed by atoms with van der Waals surface area (Å²) in [5.74, 6) is 0.756. The normalized spacial score (nSPS) is 17.9. The molecule has 3 aromatic carbocycles. The highest BCUT2D eigenvalue weighted by atomic mass is 19.1. The van der Waals surface area contributed by atoms with Crippen molar-refractivity contribution in [1.29, 1.82) is 5.26 Å². The maximum absolute atomic E-state index is 14.9. The van der Waals surface area contributed by atoms with E-state index in [4.69, 9.17) is 19.5 Å². The average Bonchev–Trinajstić information content (AvgIpc) is 3.46. The lowest BCUT2D eigenvalue weighted by atomic mass is 9.96. The molecule has 0 radical (unpaired) electrons. The fraction of sp³-hybridized carbons (Fsp3) is 0.286. The van der Waals surface area contributed by atoms with Crippen LogP contribution < -0.4 is 9.47 Å². The standard InChI is InChI=1S/C28H24FNO4/c1-32-27(31)13-20-16-33-26-14-21(7-8-22(20)26)34-25-11-9-23-19(6-10-24(29)28(23)25)12-17-2-4-18(15-30)5-3-17/h2-8,10,14,20,25H,9,11-13,16H2,1H3/t20-,25-/m1/s1. The Labute approximate surface area is 197 Å². The molecule has 0 bridgehead atoms. The van der Waals surface area contributed by atoms with E-state index in [0.29, 0.717) is 42.1 Å². The first kappa shape index (κ1) is 22.0. The highest BCUT2D eigenvalue weighted by molar-refractivity contribution is 5.71. The number of rotatable bonds is 6.